The topological polar surface area (TPSA) is 193 Å². The van der Waals surface area contributed by atoms with Crippen LogP contribution in [-0.4, -0.2) is 109 Å². The smallest absolute Gasteiger partial charge is 0.328 e. The number of imide groups is 1. The second kappa shape index (κ2) is 13.5. The molecule has 0 bridgehead atoms. The minimum Gasteiger partial charge on any atom is -0.481 e. The predicted octanol–water partition coefficient (Wildman–Crippen LogP) is 0.462. The van der Waals surface area contributed by atoms with E-state index in [1.54, 1.807) is 60.7 Å². The number of carboxylic acid groups (broad SMARTS) is 3. The Morgan fingerprint density at radius 1 is 0.878 bits per heavy atom. The van der Waals surface area contributed by atoms with Gasteiger partial charge in [0, 0.05) is 26.4 Å². The number of carbonyl (C=O) groups is 5. The molecule has 217 valence electrons. The maximum Gasteiger partial charge on any atom is 0.328 e. The van der Waals surface area contributed by atoms with Crippen molar-refractivity contribution in [1.29, 1.82) is 0 Å². The van der Waals surface area contributed by atoms with Gasteiger partial charge in [0.2, 0.25) is 0 Å². The highest BCUT2D eigenvalue weighted by Crippen LogP contribution is 2.28. The van der Waals surface area contributed by atoms with Crippen LogP contribution in [0.5, 0.6) is 0 Å². The molecule has 1 heterocycles. The number of aliphatic carboxylic acids is 3. The van der Waals surface area contributed by atoms with Gasteiger partial charge in [0.05, 0.1) is 6.10 Å². The number of likely N-dealkylation sites (tertiary alicyclic amines) is 1. The Morgan fingerprint density at radius 3 is 1.80 bits per heavy atom. The van der Waals surface area contributed by atoms with Gasteiger partial charge in [-0.1, -0.05) is 60.7 Å². The van der Waals surface area contributed by atoms with Crippen LogP contribution in [0.2, 0.25) is 0 Å². The summed E-state index contributed by atoms with van der Waals surface area (Å²) in [6, 6.07) is 9.49. The first-order chi connectivity index (χ1) is 19.5. The zero-order valence-electron chi connectivity index (χ0n) is 22.1. The van der Waals surface area contributed by atoms with Crippen molar-refractivity contribution in [2.45, 2.75) is 43.5 Å². The zero-order chi connectivity index (χ0) is 30.3. The highest BCUT2D eigenvalue weighted by molar-refractivity contribution is 6.03. The number of amides is 4. The lowest BCUT2D eigenvalue weighted by atomic mass is 9.85. The van der Waals surface area contributed by atoms with E-state index in [4.69, 9.17) is 0 Å². The van der Waals surface area contributed by atoms with E-state index in [-0.39, 0.29) is 24.3 Å². The van der Waals surface area contributed by atoms with Crippen molar-refractivity contribution in [1.82, 2.24) is 14.7 Å². The van der Waals surface area contributed by atoms with Gasteiger partial charge in [-0.05, 0) is 17.5 Å². The van der Waals surface area contributed by atoms with E-state index < -0.39 is 66.4 Å². The first-order valence-corrected chi connectivity index (χ1v) is 12.7. The third-order valence-corrected chi connectivity index (χ3v) is 7.05. The van der Waals surface area contributed by atoms with Gasteiger partial charge in [-0.2, -0.15) is 0 Å². The molecule has 0 aromatic heterocycles. The van der Waals surface area contributed by atoms with Crippen molar-refractivity contribution >= 4 is 36.3 Å². The summed E-state index contributed by atoms with van der Waals surface area (Å²) in [5.74, 6) is -8.03. The maximum absolute atomic E-state index is 14.0. The van der Waals surface area contributed by atoms with Crippen LogP contribution in [-0.2, 0) is 36.8 Å². The van der Waals surface area contributed by atoms with E-state index in [9.17, 15) is 49.2 Å². The molecular formula is C28H30N3O10. The van der Waals surface area contributed by atoms with Gasteiger partial charge < -0.3 is 30.2 Å². The summed E-state index contributed by atoms with van der Waals surface area (Å²) in [6.45, 7) is -0.287. The number of aliphatic hydroxyl groups excluding tert-OH is 1. The van der Waals surface area contributed by atoms with Crippen LogP contribution < -0.4 is 0 Å². The summed E-state index contributed by atoms with van der Waals surface area (Å²) in [7, 11) is 1.08. The van der Waals surface area contributed by atoms with Crippen molar-refractivity contribution in [2.75, 3.05) is 13.6 Å². The molecule has 0 aliphatic carbocycles. The van der Waals surface area contributed by atoms with Gasteiger partial charge in [-0.25, -0.2) is 19.3 Å². The minimum absolute atomic E-state index is 0.189. The fourth-order valence-corrected chi connectivity index (χ4v) is 4.86. The molecule has 1 aliphatic heterocycles. The molecule has 41 heavy (non-hydrogen) atoms. The fraction of sp³-hybridized carbons (Fsp3) is 0.357. The van der Waals surface area contributed by atoms with Gasteiger partial charge in [-0.3, -0.25) is 14.4 Å². The number of piperidine rings is 1. The van der Waals surface area contributed by atoms with Crippen molar-refractivity contribution in [3.05, 3.63) is 71.8 Å². The Morgan fingerprint density at radius 2 is 1.37 bits per heavy atom. The molecule has 13 nitrogen and oxygen atoms in total. The fourth-order valence-electron chi connectivity index (χ4n) is 4.86. The summed E-state index contributed by atoms with van der Waals surface area (Å²) in [5, 5.41) is 40.3. The largest absolute Gasteiger partial charge is 0.481 e. The zero-order valence-corrected chi connectivity index (χ0v) is 22.1. The third-order valence-electron chi connectivity index (χ3n) is 7.05. The standard InChI is InChI=1S/C28H30N3O10/c1-29(19(25(35)36)14-17-8-4-2-5-9-17)28(41)31(20(26(37)38)15-18-10-6-3-7-11-18)24(34)23-22(27(39)40)21(33)12-13-30(23)16-32/h2-11,19-23,33H,12-15H2,1H3,(H,35,36)(H,37,38)(H,39,40). The number of rotatable bonds is 11. The van der Waals surface area contributed by atoms with Gasteiger partial charge in [-0.15, -0.1) is 0 Å². The molecule has 5 unspecified atom stereocenters. The summed E-state index contributed by atoms with van der Waals surface area (Å²) in [4.78, 5) is 78.2. The van der Waals surface area contributed by atoms with Crippen LogP contribution in [0.1, 0.15) is 17.5 Å². The Kier molecular flexibility index (Phi) is 10.1. The average Bonchev–Trinajstić information content (AvgIpc) is 2.95. The molecule has 1 saturated heterocycles. The molecule has 2 aromatic carbocycles. The number of benzene rings is 2. The number of hydrogen-bond donors (Lipinski definition) is 4. The average molecular weight is 569 g/mol. The van der Waals surface area contributed by atoms with Crippen molar-refractivity contribution < 1.29 is 49.2 Å². The molecule has 2 aromatic rings. The van der Waals surface area contributed by atoms with Gasteiger partial charge in [0.1, 0.15) is 24.0 Å². The van der Waals surface area contributed by atoms with E-state index in [1.807, 2.05) is 0 Å². The predicted molar refractivity (Wildman–Crippen MR) is 141 cm³/mol. The molecule has 1 fully saturated rings. The third kappa shape index (κ3) is 7.06. The molecule has 4 N–H and O–H groups in total. The Bertz CT molecular complexity index is 1270. The molecule has 1 radical (unpaired) electrons. The molecule has 0 saturated carbocycles. The molecular weight excluding hydrogens is 538 g/mol. The van der Waals surface area contributed by atoms with Crippen LogP contribution in [0.4, 0.5) is 4.79 Å². The van der Waals surface area contributed by atoms with Crippen molar-refractivity contribution in [3.63, 3.8) is 0 Å². The van der Waals surface area contributed by atoms with Gasteiger partial charge in [0.25, 0.3) is 5.91 Å². The summed E-state index contributed by atoms with van der Waals surface area (Å²) in [5.41, 5.74) is 0.948. The number of carbonyl (C=O) groups excluding carboxylic acids is 3. The van der Waals surface area contributed by atoms with E-state index in [1.165, 1.54) is 6.41 Å². The molecule has 0 spiro atoms. The van der Waals surface area contributed by atoms with Crippen LogP contribution in [0.25, 0.3) is 0 Å². The van der Waals surface area contributed by atoms with Crippen LogP contribution >= 0.6 is 0 Å². The van der Waals surface area contributed by atoms with E-state index >= 15 is 0 Å². The Labute approximate surface area is 235 Å². The van der Waals surface area contributed by atoms with Crippen molar-refractivity contribution in [2.24, 2.45) is 5.92 Å². The first-order valence-electron chi connectivity index (χ1n) is 12.7. The molecule has 1 aliphatic rings. The Hall–Kier alpha value is -4.78. The Balaban J connectivity index is 2.11. The highest BCUT2D eigenvalue weighted by atomic mass is 16.4. The molecule has 4 amide bonds. The summed E-state index contributed by atoms with van der Waals surface area (Å²) in [6.07, 6.45) is -0.941. The molecule has 5 atom stereocenters. The normalized spacial score (nSPS) is 19.9. The number of urea groups is 1. The number of nitrogens with zero attached hydrogens (tertiary/aromatic N) is 3. The second-order valence-electron chi connectivity index (χ2n) is 9.64. The van der Waals surface area contributed by atoms with E-state index in [2.05, 4.69) is 0 Å². The number of likely N-dealkylation sites (N-methyl/N-ethyl adjacent to an activating group) is 1. The van der Waals surface area contributed by atoms with Crippen LogP contribution in [0.3, 0.4) is 0 Å². The molecule has 13 heteroatoms. The van der Waals surface area contributed by atoms with Crippen LogP contribution in [0.15, 0.2) is 60.7 Å². The first kappa shape index (κ1) is 30.8. The van der Waals surface area contributed by atoms with Crippen molar-refractivity contribution in [3.8, 4) is 0 Å². The molecule has 3 rings (SSSR count). The lowest BCUT2D eigenvalue weighted by Gasteiger charge is -2.42. The SMILES string of the molecule is CN(C(=O)N(C(=O)C1C(C(=O)O)C(O)CCN1[C]=O)C(Cc1ccccc1)C(=O)O)C(Cc1ccccc1)C(=O)O. The minimum atomic E-state index is -1.99. The highest BCUT2D eigenvalue weighted by Gasteiger charge is 2.51. The van der Waals surface area contributed by atoms with E-state index in [0.29, 0.717) is 20.9 Å². The second-order valence-corrected chi connectivity index (χ2v) is 9.64. The van der Waals surface area contributed by atoms with Crippen LogP contribution in [0, 0.1) is 5.92 Å². The maximum atomic E-state index is 14.0. The number of aliphatic hydroxyl groups is 1. The lowest BCUT2D eigenvalue weighted by molar-refractivity contribution is -0.160. The number of hydrogen-bond acceptors (Lipinski definition) is 7. The van der Waals surface area contributed by atoms with Gasteiger partial charge >= 0.3 is 30.3 Å². The summed E-state index contributed by atoms with van der Waals surface area (Å²) >= 11 is 0. The number of carboxylic acids is 3. The monoisotopic (exact) mass is 568 g/mol. The quantitative estimate of drug-likeness (QED) is 0.296. The summed E-state index contributed by atoms with van der Waals surface area (Å²) < 4.78 is 0. The lowest BCUT2D eigenvalue weighted by Crippen LogP contribution is -2.65. The van der Waals surface area contributed by atoms with Gasteiger partial charge in [0.15, 0.2) is 0 Å². The van der Waals surface area contributed by atoms with E-state index in [0.717, 1.165) is 7.05 Å².